The maximum atomic E-state index is 6.26. The highest BCUT2D eigenvalue weighted by atomic mass is 35.5. The maximum Gasteiger partial charge on any atom is 0.111 e. The van der Waals surface area contributed by atoms with E-state index in [0.29, 0.717) is 5.88 Å². The summed E-state index contributed by atoms with van der Waals surface area (Å²) in [5, 5.41) is 0.819. The number of nitrogens with zero attached hydrogens (tertiary/aromatic N) is 2. The van der Waals surface area contributed by atoms with E-state index >= 15 is 0 Å². The number of benzene rings is 1. The van der Waals surface area contributed by atoms with Crippen LogP contribution in [0.25, 0.3) is 11.0 Å². The molecule has 1 fully saturated rings. The molecule has 0 N–H and O–H groups in total. The van der Waals surface area contributed by atoms with Gasteiger partial charge in [0.05, 0.1) is 11.0 Å². The molecule has 0 atom stereocenters. The molecule has 0 unspecified atom stereocenters. The summed E-state index contributed by atoms with van der Waals surface area (Å²) in [4.78, 5) is 4.74. The largest absolute Gasteiger partial charge is 0.327 e. The predicted molar refractivity (Wildman–Crippen MR) is 81.2 cm³/mol. The number of hydrogen-bond donors (Lipinski definition) is 0. The van der Waals surface area contributed by atoms with Crippen LogP contribution in [0, 0.1) is 12.8 Å². The Hall–Kier alpha value is -0.730. The molecule has 2 nitrogen and oxygen atoms in total. The zero-order valence-corrected chi connectivity index (χ0v) is 12.6. The monoisotopic (exact) mass is 296 g/mol. The second-order valence-electron chi connectivity index (χ2n) is 5.41. The number of alkyl halides is 1. The molecule has 1 heterocycles. The number of rotatable bonds is 4. The molecule has 0 aliphatic heterocycles. The Kier molecular flexibility index (Phi) is 3.72. The number of imidazole rings is 1. The van der Waals surface area contributed by atoms with Crippen LogP contribution in [0.5, 0.6) is 0 Å². The second-order valence-corrected chi connectivity index (χ2v) is 6.20. The fraction of sp³-hybridized carbons (Fsp3) is 0.533. The van der Waals surface area contributed by atoms with Crippen molar-refractivity contribution in [3.8, 4) is 0 Å². The van der Waals surface area contributed by atoms with Gasteiger partial charge in [0.25, 0.3) is 0 Å². The van der Waals surface area contributed by atoms with Crippen LogP contribution in [0.1, 0.15) is 30.7 Å². The minimum absolute atomic E-state index is 0.612. The molecule has 102 valence electrons. The highest BCUT2D eigenvalue weighted by Crippen LogP contribution is 2.32. The highest BCUT2D eigenvalue weighted by Gasteiger charge is 2.21. The molecule has 4 heteroatoms. The molecule has 19 heavy (non-hydrogen) atoms. The normalized spacial score (nSPS) is 15.9. The molecular formula is C15H18Cl2N2. The molecule has 1 saturated carbocycles. The molecule has 3 rings (SSSR count). The smallest absolute Gasteiger partial charge is 0.111 e. The van der Waals surface area contributed by atoms with E-state index in [4.69, 9.17) is 28.2 Å². The van der Waals surface area contributed by atoms with Gasteiger partial charge in [0.1, 0.15) is 5.82 Å². The van der Waals surface area contributed by atoms with Gasteiger partial charge < -0.3 is 4.57 Å². The zero-order chi connectivity index (χ0) is 13.4. The van der Waals surface area contributed by atoms with Crippen molar-refractivity contribution < 1.29 is 0 Å². The molecule has 0 amide bonds. The molecule has 0 spiro atoms. The first-order chi connectivity index (χ1) is 9.20. The number of aromatic nitrogens is 2. The van der Waals surface area contributed by atoms with E-state index < -0.39 is 0 Å². The van der Waals surface area contributed by atoms with E-state index in [1.54, 1.807) is 0 Å². The molecule has 0 radical (unpaired) electrons. The van der Waals surface area contributed by atoms with Gasteiger partial charge in [-0.05, 0) is 43.4 Å². The Bertz CT molecular complexity index is 600. The topological polar surface area (TPSA) is 17.8 Å². The van der Waals surface area contributed by atoms with Crippen molar-refractivity contribution in [1.82, 2.24) is 9.55 Å². The predicted octanol–water partition coefficient (Wildman–Crippen LogP) is 4.58. The summed E-state index contributed by atoms with van der Waals surface area (Å²) in [5.41, 5.74) is 3.37. The van der Waals surface area contributed by atoms with Gasteiger partial charge in [0.15, 0.2) is 0 Å². The van der Waals surface area contributed by atoms with Crippen LogP contribution >= 0.6 is 23.2 Å². The standard InChI is InChI=1S/C15H18Cl2N2/c1-10-12(17)5-6-13-15(10)19(9-11-3-2-4-11)14(18-13)7-8-16/h5-6,11H,2-4,7-9H2,1H3. The first-order valence-electron chi connectivity index (χ1n) is 6.91. The van der Waals surface area contributed by atoms with Crippen LogP contribution in [-0.4, -0.2) is 15.4 Å². The molecule has 1 aliphatic rings. The van der Waals surface area contributed by atoms with E-state index in [1.165, 1.54) is 24.8 Å². The minimum Gasteiger partial charge on any atom is -0.327 e. The summed E-state index contributed by atoms with van der Waals surface area (Å²) >= 11 is 12.2. The maximum absolute atomic E-state index is 6.26. The fourth-order valence-electron chi connectivity index (χ4n) is 2.83. The van der Waals surface area contributed by atoms with Gasteiger partial charge in [0.2, 0.25) is 0 Å². The lowest BCUT2D eigenvalue weighted by molar-refractivity contribution is 0.277. The lowest BCUT2D eigenvalue weighted by Gasteiger charge is -2.27. The van der Waals surface area contributed by atoms with Gasteiger partial charge in [-0.2, -0.15) is 0 Å². The third kappa shape index (κ3) is 2.36. The van der Waals surface area contributed by atoms with Crippen molar-refractivity contribution in [2.24, 2.45) is 5.92 Å². The number of hydrogen-bond acceptors (Lipinski definition) is 1. The Morgan fingerprint density at radius 3 is 2.79 bits per heavy atom. The van der Waals surface area contributed by atoms with Crippen LogP contribution in [0.4, 0.5) is 0 Å². The Balaban J connectivity index is 2.11. The van der Waals surface area contributed by atoms with Gasteiger partial charge in [0, 0.05) is 23.9 Å². The Morgan fingerprint density at radius 1 is 1.37 bits per heavy atom. The van der Waals surface area contributed by atoms with Gasteiger partial charge in [-0.3, -0.25) is 0 Å². The molecule has 1 aromatic carbocycles. The summed E-state index contributed by atoms with van der Waals surface area (Å²) in [6.07, 6.45) is 4.85. The third-order valence-corrected chi connectivity index (χ3v) is 4.76. The van der Waals surface area contributed by atoms with Crippen molar-refractivity contribution in [3.05, 3.63) is 28.5 Å². The fourth-order valence-corrected chi connectivity index (χ4v) is 3.15. The van der Waals surface area contributed by atoms with Crippen molar-refractivity contribution in [2.45, 2.75) is 39.2 Å². The summed E-state index contributed by atoms with van der Waals surface area (Å²) in [5.74, 6) is 2.51. The number of fused-ring (bicyclic) bond motifs is 1. The van der Waals surface area contributed by atoms with Crippen molar-refractivity contribution in [2.75, 3.05) is 5.88 Å². The van der Waals surface area contributed by atoms with E-state index in [2.05, 4.69) is 11.5 Å². The molecule has 2 aromatic rings. The number of aryl methyl sites for hydroxylation is 2. The third-order valence-electron chi connectivity index (χ3n) is 4.16. The van der Waals surface area contributed by atoms with Crippen LogP contribution in [0.3, 0.4) is 0 Å². The summed E-state index contributed by atoms with van der Waals surface area (Å²) in [6, 6.07) is 3.95. The molecule has 1 aliphatic carbocycles. The van der Waals surface area contributed by atoms with E-state index in [1.807, 2.05) is 12.1 Å². The second kappa shape index (κ2) is 5.34. The summed E-state index contributed by atoms with van der Waals surface area (Å²) in [6.45, 7) is 3.14. The summed E-state index contributed by atoms with van der Waals surface area (Å²) in [7, 11) is 0. The first kappa shape index (κ1) is 13.3. The van der Waals surface area contributed by atoms with Crippen molar-refractivity contribution in [1.29, 1.82) is 0 Å². The van der Waals surface area contributed by atoms with E-state index in [0.717, 1.165) is 40.8 Å². The van der Waals surface area contributed by atoms with Gasteiger partial charge in [-0.1, -0.05) is 18.0 Å². The molecule has 0 bridgehead atoms. The molecular weight excluding hydrogens is 279 g/mol. The quantitative estimate of drug-likeness (QED) is 0.755. The van der Waals surface area contributed by atoms with Crippen LogP contribution < -0.4 is 0 Å². The van der Waals surface area contributed by atoms with Crippen molar-refractivity contribution in [3.63, 3.8) is 0 Å². The zero-order valence-electron chi connectivity index (χ0n) is 11.1. The van der Waals surface area contributed by atoms with Crippen molar-refractivity contribution >= 4 is 34.2 Å². The van der Waals surface area contributed by atoms with Crippen LogP contribution in [-0.2, 0) is 13.0 Å². The summed E-state index contributed by atoms with van der Waals surface area (Å²) < 4.78 is 2.35. The Labute approximate surface area is 123 Å². The Morgan fingerprint density at radius 2 is 2.16 bits per heavy atom. The van der Waals surface area contributed by atoms with Gasteiger partial charge >= 0.3 is 0 Å². The van der Waals surface area contributed by atoms with Gasteiger partial charge in [-0.15, -0.1) is 11.6 Å². The van der Waals surface area contributed by atoms with Crippen LogP contribution in [0.2, 0.25) is 5.02 Å². The lowest BCUT2D eigenvalue weighted by atomic mass is 9.85. The average Bonchev–Trinajstić information content (AvgIpc) is 2.68. The average molecular weight is 297 g/mol. The SMILES string of the molecule is Cc1c(Cl)ccc2nc(CCCl)n(CC3CCC3)c12. The van der Waals surface area contributed by atoms with E-state index in [-0.39, 0.29) is 0 Å². The molecule has 0 saturated heterocycles. The number of halogens is 2. The first-order valence-corrected chi connectivity index (χ1v) is 7.82. The highest BCUT2D eigenvalue weighted by molar-refractivity contribution is 6.32. The van der Waals surface area contributed by atoms with E-state index in [9.17, 15) is 0 Å². The molecule has 1 aromatic heterocycles. The lowest BCUT2D eigenvalue weighted by Crippen LogP contribution is -2.19. The van der Waals surface area contributed by atoms with Crippen LogP contribution in [0.15, 0.2) is 12.1 Å². The minimum atomic E-state index is 0.612. The van der Waals surface area contributed by atoms with Gasteiger partial charge in [-0.25, -0.2) is 4.98 Å².